The Hall–Kier alpha value is -1.78. The van der Waals surface area contributed by atoms with Crippen molar-refractivity contribution in [1.29, 1.82) is 0 Å². The lowest BCUT2D eigenvalue weighted by molar-refractivity contribution is 0.475. The van der Waals surface area contributed by atoms with Crippen LogP contribution in [0.2, 0.25) is 5.02 Å². The highest BCUT2D eigenvalue weighted by molar-refractivity contribution is 7.80. The van der Waals surface area contributed by atoms with Gasteiger partial charge in [0.2, 0.25) is 0 Å². The standard InChI is InChI=1S/C16H17ClN2OS/c1-3-19(15-9-12(20)6-4-10(15)2)11-5-7-13(16(18)21)14(17)8-11/h4-9,20H,3H2,1-2H3,(H2,18,21). The van der Waals surface area contributed by atoms with E-state index in [1.807, 2.05) is 38.1 Å². The largest absolute Gasteiger partial charge is 0.508 e. The highest BCUT2D eigenvalue weighted by atomic mass is 35.5. The van der Waals surface area contributed by atoms with Gasteiger partial charge in [0, 0.05) is 29.5 Å². The van der Waals surface area contributed by atoms with Gasteiger partial charge in [-0.3, -0.25) is 0 Å². The van der Waals surface area contributed by atoms with E-state index in [-0.39, 0.29) is 10.7 Å². The fraction of sp³-hybridized carbons (Fsp3) is 0.188. The summed E-state index contributed by atoms with van der Waals surface area (Å²) >= 11 is 11.2. The minimum absolute atomic E-state index is 0.236. The van der Waals surface area contributed by atoms with E-state index in [1.54, 1.807) is 12.1 Å². The van der Waals surface area contributed by atoms with Gasteiger partial charge in [-0.1, -0.05) is 29.9 Å². The third-order valence-corrected chi connectivity index (χ3v) is 3.86. The number of nitrogens with two attached hydrogens (primary N) is 1. The summed E-state index contributed by atoms with van der Waals surface area (Å²) in [5.41, 5.74) is 9.24. The van der Waals surface area contributed by atoms with Gasteiger partial charge in [0.15, 0.2) is 0 Å². The first-order valence-electron chi connectivity index (χ1n) is 6.60. The van der Waals surface area contributed by atoms with Crippen molar-refractivity contribution < 1.29 is 5.11 Å². The van der Waals surface area contributed by atoms with Gasteiger partial charge in [0.05, 0.1) is 5.02 Å². The molecule has 0 heterocycles. The quantitative estimate of drug-likeness (QED) is 0.831. The normalized spacial score (nSPS) is 10.4. The van der Waals surface area contributed by atoms with Gasteiger partial charge in [-0.25, -0.2) is 0 Å². The lowest BCUT2D eigenvalue weighted by Gasteiger charge is -2.26. The number of phenols is 1. The smallest absolute Gasteiger partial charge is 0.117 e. The fourth-order valence-electron chi connectivity index (χ4n) is 2.25. The fourth-order valence-corrected chi connectivity index (χ4v) is 2.76. The van der Waals surface area contributed by atoms with Crippen LogP contribution in [0.25, 0.3) is 0 Å². The van der Waals surface area contributed by atoms with Crippen molar-refractivity contribution in [2.45, 2.75) is 13.8 Å². The van der Waals surface area contributed by atoms with Gasteiger partial charge in [-0.05, 0) is 43.7 Å². The van der Waals surface area contributed by atoms with E-state index in [0.717, 1.165) is 23.5 Å². The molecule has 0 aliphatic carbocycles. The van der Waals surface area contributed by atoms with E-state index >= 15 is 0 Å². The molecule has 0 fully saturated rings. The SMILES string of the molecule is CCN(c1ccc(C(N)=S)c(Cl)c1)c1cc(O)ccc1C. The van der Waals surface area contributed by atoms with Crippen molar-refractivity contribution in [3.63, 3.8) is 0 Å². The Labute approximate surface area is 135 Å². The summed E-state index contributed by atoms with van der Waals surface area (Å²) in [6.45, 7) is 4.79. The van der Waals surface area contributed by atoms with Crippen LogP contribution in [-0.4, -0.2) is 16.6 Å². The molecular weight excluding hydrogens is 304 g/mol. The molecule has 0 atom stereocenters. The number of thiocarbonyl (C=S) groups is 1. The zero-order valence-corrected chi connectivity index (χ0v) is 13.5. The van der Waals surface area contributed by atoms with Crippen LogP contribution in [0.15, 0.2) is 36.4 Å². The van der Waals surface area contributed by atoms with Gasteiger partial charge in [-0.2, -0.15) is 0 Å². The highest BCUT2D eigenvalue weighted by Crippen LogP contribution is 2.33. The number of halogens is 1. The Morgan fingerprint density at radius 3 is 2.57 bits per heavy atom. The van der Waals surface area contributed by atoms with Crippen LogP contribution in [0.4, 0.5) is 11.4 Å². The molecule has 2 rings (SSSR count). The molecule has 5 heteroatoms. The van der Waals surface area contributed by atoms with Crippen molar-refractivity contribution >= 4 is 40.2 Å². The maximum Gasteiger partial charge on any atom is 0.117 e. The summed E-state index contributed by atoms with van der Waals surface area (Å²) < 4.78 is 0. The van der Waals surface area contributed by atoms with E-state index in [4.69, 9.17) is 29.6 Å². The predicted octanol–water partition coefficient (Wildman–Crippen LogP) is 4.15. The van der Waals surface area contributed by atoms with Crippen LogP contribution in [0.5, 0.6) is 5.75 Å². The van der Waals surface area contributed by atoms with Crippen molar-refractivity contribution in [3.8, 4) is 5.75 Å². The molecule has 3 nitrogen and oxygen atoms in total. The number of aromatic hydroxyl groups is 1. The Morgan fingerprint density at radius 2 is 2.00 bits per heavy atom. The number of phenolic OH excluding ortho intramolecular Hbond substituents is 1. The van der Waals surface area contributed by atoms with Crippen LogP contribution in [0.1, 0.15) is 18.1 Å². The topological polar surface area (TPSA) is 49.5 Å². The zero-order chi connectivity index (χ0) is 15.6. The van der Waals surface area contributed by atoms with Gasteiger partial charge in [-0.15, -0.1) is 0 Å². The summed E-state index contributed by atoms with van der Waals surface area (Å²) in [5, 5.41) is 10.2. The molecule has 2 aromatic rings. The summed E-state index contributed by atoms with van der Waals surface area (Å²) in [5.74, 6) is 0.236. The first-order valence-corrected chi connectivity index (χ1v) is 7.39. The summed E-state index contributed by atoms with van der Waals surface area (Å²) in [7, 11) is 0. The van der Waals surface area contributed by atoms with E-state index in [1.165, 1.54) is 0 Å². The van der Waals surface area contributed by atoms with E-state index in [0.29, 0.717) is 10.6 Å². The average molecular weight is 321 g/mol. The number of nitrogens with zero attached hydrogens (tertiary/aromatic N) is 1. The van der Waals surface area contributed by atoms with E-state index < -0.39 is 0 Å². The van der Waals surface area contributed by atoms with Crippen LogP contribution in [0.3, 0.4) is 0 Å². The van der Waals surface area contributed by atoms with Crippen LogP contribution in [-0.2, 0) is 0 Å². The van der Waals surface area contributed by atoms with E-state index in [2.05, 4.69) is 4.90 Å². The molecule has 0 saturated heterocycles. The van der Waals surface area contributed by atoms with Gasteiger partial charge in [0.25, 0.3) is 0 Å². The van der Waals surface area contributed by atoms with Gasteiger partial charge >= 0.3 is 0 Å². The molecule has 2 aromatic carbocycles. The maximum atomic E-state index is 9.71. The third-order valence-electron chi connectivity index (χ3n) is 3.33. The lowest BCUT2D eigenvalue weighted by atomic mass is 10.1. The molecule has 0 saturated carbocycles. The summed E-state index contributed by atoms with van der Waals surface area (Å²) in [6, 6.07) is 10.9. The predicted molar refractivity (Wildman–Crippen MR) is 92.9 cm³/mol. The molecule has 0 radical (unpaired) electrons. The van der Waals surface area contributed by atoms with Gasteiger partial charge in [0.1, 0.15) is 10.7 Å². The van der Waals surface area contributed by atoms with E-state index in [9.17, 15) is 5.11 Å². The average Bonchev–Trinajstić information content (AvgIpc) is 2.43. The maximum absolute atomic E-state index is 9.71. The number of hydrogen-bond donors (Lipinski definition) is 2. The molecule has 0 unspecified atom stereocenters. The molecule has 21 heavy (non-hydrogen) atoms. The number of rotatable bonds is 4. The minimum atomic E-state index is 0.236. The van der Waals surface area contributed by atoms with Crippen molar-refractivity contribution in [2.24, 2.45) is 5.73 Å². The second-order valence-corrected chi connectivity index (χ2v) is 5.59. The molecule has 0 aromatic heterocycles. The zero-order valence-electron chi connectivity index (χ0n) is 11.9. The van der Waals surface area contributed by atoms with Crippen molar-refractivity contribution in [1.82, 2.24) is 0 Å². The molecule has 0 aliphatic rings. The van der Waals surface area contributed by atoms with Crippen LogP contribution < -0.4 is 10.6 Å². The number of anilines is 2. The number of benzene rings is 2. The van der Waals surface area contributed by atoms with Gasteiger partial charge < -0.3 is 15.7 Å². The van der Waals surface area contributed by atoms with Crippen LogP contribution >= 0.6 is 23.8 Å². The molecule has 0 bridgehead atoms. The highest BCUT2D eigenvalue weighted by Gasteiger charge is 2.13. The molecular formula is C16H17ClN2OS. The van der Waals surface area contributed by atoms with Crippen LogP contribution in [0, 0.1) is 6.92 Å². The first kappa shape index (κ1) is 15.6. The third kappa shape index (κ3) is 3.28. The number of hydrogen-bond acceptors (Lipinski definition) is 3. The molecule has 0 spiro atoms. The first-order chi connectivity index (χ1) is 9.93. The Kier molecular flexibility index (Phi) is 4.70. The Bertz CT molecular complexity index is 688. The molecule has 110 valence electrons. The molecule has 0 amide bonds. The Morgan fingerprint density at radius 1 is 1.29 bits per heavy atom. The van der Waals surface area contributed by atoms with Crippen molar-refractivity contribution in [2.75, 3.05) is 11.4 Å². The van der Waals surface area contributed by atoms with Crippen molar-refractivity contribution in [3.05, 3.63) is 52.5 Å². The second kappa shape index (κ2) is 6.33. The monoisotopic (exact) mass is 320 g/mol. The summed E-state index contributed by atoms with van der Waals surface area (Å²) in [6.07, 6.45) is 0. The second-order valence-electron chi connectivity index (χ2n) is 4.74. The minimum Gasteiger partial charge on any atom is -0.508 e. The lowest BCUT2D eigenvalue weighted by Crippen LogP contribution is -2.18. The molecule has 0 aliphatic heterocycles. The Balaban J connectivity index is 2.49. The summed E-state index contributed by atoms with van der Waals surface area (Å²) in [4.78, 5) is 2.35. The molecule has 3 N–H and O–H groups in total. The number of aryl methyl sites for hydroxylation is 1.